The van der Waals surface area contributed by atoms with E-state index < -0.39 is 29.3 Å². The molecule has 0 spiro atoms. The van der Waals surface area contributed by atoms with Gasteiger partial charge in [-0.1, -0.05) is 30.3 Å². The molecule has 2 fully saturated rings. The van der Waals surface area contributed by atoms with Crippen LogP contribution in [0.25, 0.3) is 0 Å². The maximum Gasteiger partial charge on any atom is 0.308 e. The molecule has 1 aromatic carbocycles. The summed E-state index contributed by atoms with van der Waals surface area (Å²) in [5, 5.41) is 22.3. The third kappa shape index (κ3) is 2.50. The number of fused-ring (bicyclic) bond motifs is 2. The Bertz CT molecular complexity index is 547. The highest BCUT2D eigenvalue weighted by molar-refractivity contribution is 5.79. The van der Waals surface area contributed by atoms with Crippen LogP contribution in [0, 0.1) is 17.8 Å². The van der Waals surface area contributed by atoms with Crippen LogP contribution in [-0.4, -0.2) is 34.2 Å². The minimum atomic E-state index is -0.874. The van der Waals surface area contributed by atoms with E-state index >= 15 is 0 Å². The number of rotatable bonds is 6. The van der Waals surface area contributed by atoms with Crippen LogP contribution in [0.5, 0.6) is 0 Å². The molecular formula is C17H21NO4. The lowest BCUT2D eigenvalue weighted by Crippen LogP contribution is -2.57. The summed E-state index contributed by atoms with van der Waals surface area (Å²) in [6.07, 6.45) is 2.62. The van der Waals surface area contributed by atoms with Gasteiger partial charge in [-0.15, -0.1) is 0 Å². The van der Waals surface area contributed by atoms with Gasteiger partial charge in [0.2, 0.25) is 0 Å². The molecule has 0 radical (unpaired) electrons. The zero-order valence-corrected chi connectivity index (χ0v) is 12.4. The summed E-state index contributed by atoms with van der Waals surface area (Å²) < 4.78 is 0. The van der Waals surface area contributed by atoms with E-state index in [0.717, 1.165) is 12.0 Å². The fourth-order valence-corrected chi connectivity index (χ4v) is 4.40. The molecule has 3 N–H and O–H groups in total. The fourth-order valence-electron chi connectivity index (χ4n) is 4.40. The van der Waals surface area contributed by atoms with Crippen molar-refractivity contribution in [3.63, 3.8) is 0 Å². The average molecular weight is 303 g/mol. The van der Waals surface area contributed by atoms with Crippen LogP contribution < -0.4 is 5.32 Å². The number of benzene rings is 1. The van der Waals surface area contributed by atoms with Gasteiger partial charge in [-0.3, -0.25) is 9.59 Å². The summed E-state index contributed by atoms with van der Waals surface area (Å²) in [6.45, 7) is 0.601. The quantitative estimate of drug-likeness (QED) is 0.745. The highest BCUT2D eigenvalue weighted by Gasteiger charge is 2.62. The van der Waals surface area contributed by atoms with Gasteiger partial charge < -0.3 is 15.5 Å². The molecule has 0 aliphatic heterocycles. The van der Waals surface area contributed by atoms with Gasteiger partial charge in [0, 0.05) is 5.54 Å². The maximum absolute atomic E-state index is 11.6. The van der Waals surface area contributed by atoms with Gasteiger partial charge in [-0.05, 0) is 43.7 Å². The Labute approximate surface area is 129 Å². The van der Waals surface area contributed by atoms with Gasteiger partial charge in [0.15, 0.2) is 0 Å². The molecule has 2 bridgehead atoms. The van der Waals surface area contributed by atoms with Crippen molar-refractivity contribution < 1.29 is 19.8 Å². The van der Waals surface area contributed by atoms with Crippen LogP contribution in [0.15, 0.2) is 30.3 Å². The molecule has 2 unspecified atom stereocenters. The van der Waals surface area contributed by atoms with Gasteiger partial charge >= 0.3 is 11.9 Å². The molecule has 118 valence electrons. The van der Waals surface area contributed by atoms with Crippen LogP contribution in [0.4, 0.5) is 0 Å². The maximum atomic E-state index is 11.6. The van der Waals surface area contributed by atoms with Crippen molar-refractivity contribution in [1.29, 1.82) is 0 Å². The minimum absolute atomic E-state index is 0.214. The molecular weight excluding hydrogens is 282 g/mol. The summed E-state index contributed by atoms with van der Waals surface area (Å²) in [7, 11) is 0. The van der Waals surface area contributed by atoms with Crippen LogP contribution in [0.2, 0.25) is 0 Å². The number of hydrogen-bond acceptors (Lipinski definition) is 3. The fraction of sp³-hybridized carbons (Fsp3) is 0.529. The van der Waals surface area contributed by atoms with Crippen molar-refractivity contribution >= 4 is 11.9 Å². The highest BCUT2D eigenvalue weighted by atomic mass is 16.4. The summed E-state index contributed by atoms with van der Waals surface area (Å²) in [4.78, 5) is 23.1. The van der Waals surface area contributed by atoms with Gasteiger partial charge in [-0.2, -0.15) is 0 Å². The Kier molecular flexibility index (Phi) is 3.91. The number of carbonyl (C=O) groups is 2. The molecule has 0 amide bonds. The second-order valence-electron chi connectivity index (χ2n) is 6.53. The van der Waals surface area contributed by atoms with Crippen LogP contribution >= 0.6 is 0 Å². The van der Waals surface area contributed by atoms with Crippen molar-refractivity contribution in [3.05, 3.63) is 35.9 Å². The molecule has 2 aliphatic rings. The molecule has 22 heavy (non-hydrogen) atoms. The molecule has 2 aliphatic carbocycles. The summed E-state index contributed by atoms with van der Waals surface area (Å²) in [5.74, 6) is -2.72. The van der Waals surface area contributed by atoms with E-state index in [9.17, 15) is 19.8 Å². The zero-order valence-electron chi connectivity index (χ0n) is 12.4. The summed E-state index contributed by atoms with van der Waals surface area (Å²) in [6, 6.07) is 9.93. The zero-order chi connectivity index (χ0) is 15.7. The highest BCUT2D eigenvalue weighted by Crippen LogP contribution is 2.55. The number of hydrogen-bond donors (Lipinski definition) is 3. The van der Waals surface area contributed by atoms with E-state index in [4.69, 9.17) is 0 Å². The van der Waals surface area contributed by atoms with Gasteiger partial charge in [-0.25, -0.2) is 0 Å². The first kappa shape index (κ1) is 15.0. The monoisotopic (exact) mass is 303 g/mol. The van der Waals surface area contributed by atoms with Crippen molar-refractivity contribution in [1.82, 2.24) is 5.32 Å². The van der Waals surface area contributed by atoms with E-state index in [0.29, 0.717) is 25.8 Å². The normalized spacial score (nSPS) is 33.0. The molecule has 3 rings (SSSR count). The Balaban J connectivity index is 1.74. The predicted octanol–water partition coefficient (Wildman–Crippen LogP) is 1.77. The largest absolute Gasteiger partial charge is 0.481 e. The second kappa shape index (κ2) is 5.72. The SMILES string of the molecule is O=C(O)C1CC2CC(C(=O)O)C1(NCCc1ccccc1)C2. The van der Waals surface area contributed by atoms with Crippen molar-refractivity contribution in [2.45, 2.75) is 31.2 Å². The molecule has 0 aromatic heterocycles. The number of aliphatic carboxylic acids is 2. The van der Waals surface area contributed by atoms with Gasteiger partial charge in [0.25, 0.3) is 0 Å². The van der Waals surface area contributed by atoms with Crippen molar-refractivity contribution in [3.8, 4) is 0 Å². The lowest BCUT2D eigenvalue weighted by atomic mass is 9.74. The molecule has 1 aromatic rings. The summed E-state index contributed by atoms with van der Waals surface area (Å²) in [5.41, 5.74) is 0.384. The van der Waals surface area contributed by atoms with E-state index in [-0.39, 0.29) is 5.92 Å². The van der Waals surface area contributed by atoms with Crippen LogP contribution in [-0.2, 0) is 16.0 Å². The first-order valence-electron chi connectivity index (χ1n) is 7.77. The number of carboxylic acid groups (broad SMARTS) is 2. The standard InChI is InChI=1S/C17H21NO4/c19-15(20)13-8-12-9-14(16(21)22)17(13,10-12)18-7-6-11-4-2-1-3-5-11/h1-5,12-14,18H,6-10H2,(H,19,20)(H,21,22). The first-order valence-corrected chi connectivity index (χ1v) is 7.77. The Morgan fingerprint density at radius 2 is 1.68 bits per heavy atom. The smallest absolute Gasteiger partial charge is 0.308 e. The van der Waals surface area contributed by atoms with E-state index in [1.807, 2.05) is 30.3 Å². The van der Waals surface area contributed by atoms with E-state index in [1.54, 1.807) is 0 Å². The third-order valence-electron chi connectivity index (χ3n) is 5.31. The van der Waals surface area contributed by atoms with Crippen molar-refractivity contribution in [2.75, 3.05) is 6.54 Å². The minimum Gasteiger partial charge on any atom is -0.481 e. The Hall–Kier alpha value is -1.88. The molecule has 0 heterocycles. The Morgan fingerprint density at radius 3 is 2.23 bits per heavy atom. The average Bonchev–Trinajstić information content (AvgIpc) is 3.03. The Morgan fingerprint density at radius 1 is 1.09 bits per heavy atom. The topological polar surface area (TPSA) is 86.6 Å². The second-order valence-corrected chi connectivity index (χ2v) is 6.53. The number of carboxylic acids is 2. The lowest BCUT2D eigenvalue weighted by Gasteiger charge is -2.38. The van der Waals surface area contributed by atoms with Gasteiger partial charge in [0.05, 0.1) is 11.8 Å². The van der Waals surface area contributed by atoms with E-state index in [2.05, 4.69) is 5.32 Å². The van der Waals surface area contributed by atoms with Crippen molar-refractivity contribution in [2.24, 2.45) is 17.8 Å². The molecule has 5 heteroatoms. The number of nitrogens with one attached hydrogen (secondary N) is 1. The third-order valence-corrected chi connectivity index (χ3v) is 5.31. The summed E-state index contributed by atoms with van der Waals surface area (Å²) >= 11 is 0. The molecule has 0 saturated heterocycles. The van der Waals surface area contributed by atoms with Gasteiger partial charge in [0.1, 0.15) is 0 Å². The van der Waals surface area contributed by atoms with E-state index in [1.165, 1.54) is 0 Å². The lowest BCUT2D eigenvalue weighted by molar-refractivity contribution is -0.151. The molecule has 2 saturated carbocycles. The first-order chi connectivity index (χ1) is 10.5. The predicted molar refractivity (Wildman–Crippen MR) is 80.5 cm³/mol. The van der Waals surface area contributed by atoms with Crippen LogP contribution in [0.3, 0.4) is 0 Å². The van der Waals surface area contributed by atoms with Crippen LogP contribution in [0.1, 0.15) is 24.8 Å². The molecule has 5 nitrogen and oxygen atoms in total. The molecule has 2 atom stereocenters.